The first kappa shape index (κ1) is 34.3. The molecule has 0 bridgehead atoms. The van der Waals surface area contributed by atoms with E-state index in [9.17, 15) is 0 Å². The first-order valence-electron chi connectivity index (χ1n) is 15.4. The maximum atomic E-state index is 5.67. The molecule has 0 aromatic rings. The molecule has 1 heteroatoms. The minimum atomic E-state index is 0.0928. The van der Waals surface area contributed by atoms with Gasteiger partial charge in [0.2, 0.25) is 0 Å². The molecule has 1 aliphatic heterocycles. The number of ether oxygens (including phenoxy) is 1. The summed E-state index contributed by atoms with van der Waals surface area (Å²) in [6, 6.07) is 0. The molecule has 1 aliphatic carbocycles. The molecule has 41 heavy (non-hydrogen) atoms. The third-order valence-corrected chi connectivity index (χ3v) is 8.11. The Hall–Kier alpha value is -2.90. The van der Waals surface area contributed by atoms with Gasteiger partial charge in [-0.2, -0.15) is 0 Å². The third kappa shape index (κ3) is 13.5. The van der Waals surface area contributed by atoms with Crippen LogP contribution in [0.1, 0.15) is 94.9 Å². The normalized spacial score (nSPS) is 24.5. The summed E-state index contributed by atoms with van der Waals surface area (Å²) >= 11 is 0. The van der Waals surface area contributed by atoms with Gasteiger partial charge in [-0.3, -0.25) is 0 Å². The van der Waals surface area contributed by atoms with Gasteiger partial charge in [-0.25, -0.2) is 0 Å². The molecule has 0 aromatic carbocycles. The second-order valence-electron chi connectivity index (χ2n) is 13.2. The molecule has 222 valence electrons. The van der Waals surface area contributed by atoms with Crippen LogP contribution in [0, 0.1) is 11.3 Å². The van der Waals surface area contributed by atoms with Gasteiger partial charge < -0.3 is 4.74 Å². The summed E-state index contributed by atoms with van der Waals surface area (Å²) in [7, 11) is 0. The summed E-state index contributed by atoms with van der Waals surface area (Å²) in [5.41, 5.74) is 8.28. The van der Waals surface area contributed by atoms with Gasteiger partial charge in [0.1, 0.15) is 0 Å². The second kappa shape index (κ2) is 16.5. The molecular weight excluding hydrogens is 496 g/mol. The van der Waals surface area contributed by atoms with Gasteiger partial charge >= 0.3 is 0 Å². The third-order valence-electron chi connectivity index (χ3n) is 8.11. The summed E-state index contributed by atoms with van der Waals surface area (Å²) in [5.74, 6) is 0.529. The van der Waals surface area contributed by atoms with E-state index in [1.165, 1.54) is 46.3 Å². The van der Waals surface area contributed by atoms with E-state index in [4.69, 9.17) is 4.74 Å². The smallest absolute Gasteiger partial charge is 0.0892 e. The summed E-state index contributed by atoms with van der Waals surface area (Å²) in [4.78, 5) is 0. The Balaban J connectivity index is 1.78. The lowest BCUT2D eigenvalue weighted by molar-refractivity contribution is 0.255. The topological polar surface area (TPSA) is 12.5 Å². The van der Waals surface area contributed by atoms with Crippen LogP contribution in [0.2, 0.25) is 0 Å². The molecule has 1 nitrogen and oxygen atoms in total. The van der Waals surface area contributed by atoms with E-state index in [0.717, 1.165) is 12.8 Å². The van der Waals surface area contributed by atoms with E-state index < -0.39 is 0 Å². The summed E-state index contributed by atoms with van der Waals surface area (Å²) in [6.45, 7) is 22.1. The SMILES string of the molecule is CC1=CCCC(C)(C)[C@H]1/C=C/C(C)=C\C=C\C(C)=C/C=C/C=C(C)\C=C\C=C(C)/C=C/C=C(/C)CC[C@@H]1OC1(C)C. The number of rotatable bonds is 13. The number of epoxide rings is 1. The van der Waals surface area contributed by atoms with Gasteiger partial charge in [0.15, 0.2) is 0 Å². The molecule has 2 atom stereocenters. The van der Waals surface area contributed by atoms with Gasteiger partial charge in [-0.1, -0.05) is 145 Å². The van der Waals surface area contributed by atoms with Gasteiger partial charge in [-0.15, -0.1) is 0 Å². The second-order valence-corrected chi connectivity index (χ2v) is 13.2. The van der Waals surface area contributed by atoms with E-state index in [1.54, 1.807) is 0 Å². The van der Waals surface area contributed by atoms with Crippen molar-refractivity contribution in [3.05, 3.63) is 131 Å². The first-order valence-corrected chi connectivity index (χ1v) is 15.4. The highest BCUT2D eigenvalue weighted by atomic mass is 16.6. The fourth-order valence-corrected chi connectivity index (χ4v) is 5.12. The Morgan fingerprint density at radius 3 is 1.68 bits per heavy atom. The Bertz CT molecular complexity index is 1210. The van der Waals surface area contributed by atoms with Gasteiger partial charge in [-0.05, 0) is 86.5 Å². The maximum Gasteiger partial charge on any atom is 0.0892 e. The van der Waals surface area contributed by atoms with E-state index >= 15 is 0 Å². The highest BCUT2D eigenvalue weighted by Crippen LogP contribution is 2.41. The molecule has 1 heterocycles. The van der Waals surface area contributed by atoms with Gasteiger partial charge in [0.05, 0.1) is 11.7 Å². The fraction of sp³-hybridized carbons (Fsp3) is 0.450. The molecule has 1 saturated heterocycles. The van der Waals surface area contributed by atoms with Crippen LogP contribution < -0.4 is 0 Å². The molecule has 0 radical (unpaired) electrons. The summed E-state index contributed by atoms with van der Waals surface area (Å²) < 4.78 is 5.67. The lowest BCUT2D eigenvalue weighted by Gasteiger charge is -2.36. The van der Waals surface area contributed by atoms with Crippen LogP contribution >= 0.6 is 0 Å². The van der Waals surface area contributed by atoms with Crippen molar-refractivity contribution in [2.75, 3.05) is 0 Å². The predicted octanol–water partition coefficient (Wildman–Crippen LogP) is 11.8. The summed E-state index contributed by atoms with van der Waals surface area (Å²) in [5, 5.41) is 0. The monoisotopic (exact) mass is 552 g/mol. The molecule has 0 saturated carbocycles. The fourth-order valence-electron chi connectivity index (χ4n) is 5.12. The quantitative estimate of drug-likeness (QED) is 0.126. The Morgan fingerprint density at radius 1 is 0.732 bits per heavy atom. The van der Waals surface area contributed by atoms with E-state index in [0.29, 0.717) is 17.4 Å². The molecule has 2 rings (SSSR count). The molecule has 0 amide bonds. The molecule has 0 N–H and O–H groups in total. The zero-order chi connectivity index (χ0) is 30.5. The summed E-state index contributed by atoms with van der Waals surface area (Å²) in [6.07, 6.45) is 40.0. The molecule has 1 fully saturated rings. The van der Waals surface area contributed by atoms with Crippen molar-refractivity contribution in [3.8, 4) is 0 Å². The van der Waals surface area contributed by atoms with Crippen molar-refractivity contribution in [1.29, 1.82) is 0 Å². The molecule has 2 aliphatic rings. The van der Waals surface area contributed by atoms with Crippen molar-refractivity contribution < 1.29 is 4.74 Å². The molecule has 0 spiro atoms. The zero-order valence-corrected chi connectivity index (χ0v) is 27.6. The van der Waals surface area contributed by atoms with Crippen LogP contribution in [-0.4, -0.2) is 11.7 Å². The minimum absolute atomic E-state index is 0.0928. The number of allylic oxidation sites excluding steroid dienone is 22. The van der Waals surface area contributed by atoms with Crippen LogP contribution in [0.25, 0.3) is 0 Å². The number of hydrogen-bond donors (Lipinski definition) is 0. The Morgan fingerprint density at radius 2 is 1.20 bits per heavy atom. The lowest BCUT2D eigenvalue weighted by atomic mass is 9.68. The van der Waals surface area contributed by atoms with Crippen molar-refractivity contribution >= 4 is 0 Å². The van der Waals surface area contributed by atoms with Crippen LogP contribution in [0.15, 0.2) is 131 Å². The highest BCUT2D eigenvalue weighted by Gasteiger charge is 2.46. The number of hydrogen-bond acceptors (Lipinski definition) is 1. The van der Waals surface area contributed by atoms with E-state index in [1.807, 2.05) is 0 Å². The zero-order valence-electron chi connectivity index (χ0n) is 27.6. The van der Waals surface area contributed by atoms with Crippen LogP contribution in [0.5, 0.6) is 0 Å². The Kier molecular flexibility index (Phi) is 13.8. The molecule has 0 unspecified atom stereocenters. The predicted molar refractivity (Wildman–Crippen MR) is 183 cm³/mol. The highest BCUT2D eigenvalue weighted by molar-refractivity contribution is 5.33. The largest absolute Gasteiger partial charge is 0.367 e. The van der Waals surface area contributed by atoms with Crippen molar-refractivity contribution in [2.24, 2.45) is 11.3 Å². The average molecular weight is 553 g/mol. The minimum Gasteiger partial charge on any atom is -0.367 e. The van der Waals surface area contributed by atoms with Crippen LogP contribution in [-0.2, 0) is 4.74 Å². The standard InChI is InChI=1S/C40H56O/c1-31(19-13-21-33(3)22-15-24-35(5)27-29-38-40(9,10)41-38)17-11-12-18-32(2)20-14-23-34(4)26-28-37-36(6)25-16-30-39(37,7)8/h11-15,17-26,28,37-38H,16,27,29-30H2,1-10H3/b12-11+,19-13+,20-14+,22-15+,28-26+,31-17-,32-18-,33-21-,34-23-,35-24-/t37-,38-/m0/s1. The first-order chi connectivity index (χ1) is 19.3. The Labute approximate surface area is 252 Å². The van der Waals surface area contributed by atoms with E-state index in [2.05, 4.69) is 166 Å². The van der Waals surface area contributed by atoms with Gasteiger partial charge in [0.25, 0.3) is 0 Å². The average Bonchev–Trinajstić information content (AvgIpc) is 3.50. The van der Waals surface area contributed by atoms with Crippen LogP contribution in [0.4, 0.5) is 0 Å². The lowest BCUT2D eigenvalue weighted by Crippen LogP contribution is -2.26. The van der Waals surface area contributed by atoms with Gasteiger partial charge in [0, 0.05) is 5.92 Å². The maximum absolute atomic E-state index is 5.67. The van der Waals surface area contributed by atoms with Crippen molar-refractivity contribution in [1.82, 2.24) is 0 Å². The van der Waals surface area contributed by atoms with Crippen LogP contribution in [0.3, 0.4) is 0 Å². The van der Waals surface area contributed by atoms with E-state index in [-0.39, 0.29) is 5.60 Å². The molecular formula is C40H56O. The van der Waals surface area contributed by atoms with Crippen molar-refractivity contribution in [2.45, 2.75) is 107 Å². The van der Waals surface area contributed by atoms with Crippen molar-refractivity contribution in [3.63, 3.8) is 0 Å². The molecule has 0 aromatic heterocycles.